The number of hydrogen-bond acceptors (Lipinski definition) is 6. The van der Waals surface area contributed by atoms with E-state index in [0.717, 1.165) is 42.3 Å². The number of nitrogens with zero attached hydrogens (tertiary/aromatic N) is 4. The zero-order chi connectivity index (χ0) is 21.8. The number of carbonyl (C=O) groups is 1. The number of hydrogen-bond donors (Lipinski definition) is 1. The van der Waals surface area contributed by atoms with Gasteiger partial charge in [0.1, 0.15) is 24.1 Å². The molecule has 2 aromatic heterocycles. The number of carboxylic acid groups (broad SMARTS) is 1. The van der Waals surface area contributed by atoms with Crippen LogP contribution in [0.1, 0.15) is 41.9 Å². The highest BCUT2D eigenvalue weighted by atomic mass is 16.5. The molecule has 3 aromatic rings. The summed E-state index contributed by atoms with van der Waals surface area (Å²) in [5.74, 6) is 1.20. The molecule has 8 heteroatoms. The van der Waals surface area contributed by atoms with Crippen molar-refractivity contribution >= 4 is 17.1 Å². The topological polar surface area (TPSA) is 112 Å². The average molecular weight is 420 g/mol. The van der Waals surface area contributed by atoms with Gasteiger partial charge in [0.05, 0.1) is 11.4 Å². The smallest absolute Gasteiger partial charge is 0.407 e. The largest absolute Gasteiger partial charge is 0.487 e. The molecule has 3 heterocycles. The van der Waals surface area contributed by atoms with Gasteiger partial charge in [-0.1, -0.05) is 11.2 Å². The van der Waals surface area contributed by atoms with Crippen molar-refractivity contribution in [1.29, 1.82) is 5.26 Å². The van der Waals surface area contributed by atoms with Gasteiger partial charge >= 0.3 is 6.09 Å². The first-order valence-corrected chi connectivity index (χ1v) is 10.4. The minimum absolute atomic E-state index is 0.262. The van der Waals surface area contributed by atoms with Crippen molar-refractivity contribution < 1.29 is 19.2 Å². The number of aryl methyl sites for hydroxylation is 2. The van der Waals surface area contributed by atoms with Crippen LogP contribution in [0, 0.1) is 24.2 Å². The molecule has 0 bridgehead atoms. The van der Waals surface area contributed by atoms with Crippen LogP contribution in [-0.4, -0.2) is 39.3 Å². The number of likely N-dealkylation sites (tertiary alicyclic amines) is 1. The molecular weight excluding hydrogens is 396 g/mol. The Morgan fingerprint density at radius 3 is 2.87 bits per heavy atom. The molecule has 1 saturated heterocycles. The van der Waals surface area contributed by atoms with Crippen LogP contribution >= 0.6 is 0 Å². The number of aromatic nitrogens is 2. The molecule has 0 spiro atoms. The Morgan fingerprint density at radius 1 is 1.32 bits per heavy atom. The molecule has 1 fully saturated rings. The fraction of sp³-hybridized carbons (Fsp3) is 0.391. The van der Waals surface area contributed by atoms with E-state index in [0.29, 0.717) is 41.7 Å². The number of rotatable bonds is 6. The van der Waals surface area contributed by atoms with Gasteiger partial charge in [0.15, 0.2) is 5.58 Å². The highest BCUT2D eigenvalue weighted by Gasteiger charge is 2.23. The first kappa shape index (κ1) is 20.7. The third kappa shape index (κ3) is 4.61. The molecule has 0 aliphatic carbocycles. The summed E-state index contributed by atoms with van der Waals surface area (Å²) in [4.78, 5) is 16.8. The van der Waals surface area contributed by atoms with Crippen LogP contribution in [0.15, 0.2) is 34.9 Å². The third-order valence-corrected chi connectivity index (χ3v) is 5.89. The van der Waals surface area contributed by atoms with Crippen LogP contribution in [-0.2, 0) is 13.0 Å². The first-order valence-electron chi connectivity index (χ1n) is 10.4. The second kappa shape index (κ2) is 9.04. The van der Waals surface area contributed by atoms with Crippen molar-refractivity contribution in [2.45, 2.75) is 39.2 Å². The van der Waals surface area contributed by atoms with Crippen LogP contribution in [0.2, 0.25) is 0 Å². The van der Waals surface area contributed by atoms with Gasteiger partial charge in [-0.05, 0) is 62.8 Å². The Labute approximate surface area is 180 Å². The van der Waals surface area contributed by atoms with Gasteiger partial charge in [-0.3, -0.25) is 0 Å². The summed E-state index contributed by atoms with van der Waals surface area (Å²) < 4.78 is 11.5. The second-order valence-electron chi connectivity index (χ2n) is 7.86. The Kier molecular flexibility index (Phi) is 6.03. The summed E-state index contributed by atoms with van der Waals surface area (Å²) in [6, 6.07) is 11.2. The van der Waals surface area contributed by atoms with Gasteiger partial charge in [0, 0.05) is 24.0 Å². The molecule has 31 heavy (non-hydrogen) atoms. The maximum absolute atomic E-state index is 11.0. The standard InChI is InChI=1S/C23H24N4O4/c1-15-21(30-14-18-4-2-3-17(13-24)25-18)8-6-19-20(26-31-22(15)19)7-5-16-9-11-27(12-10-16)23(28)29/h2-4,6,8,16H,5,7,9-12,14H2,1H3,(H,28,29). The zero-order valence-electron chi connectivity index (χ0n) is 17.4. The van der Waals surface area contributed by atoms with Gasteiger partial charge < -0.3 is 19.3 Å². The van der Waals surface area contributed by atoms with E-state index in [1.54, 1.807) is 12.1 Å². The molecule has 4 rings (SSSR count). The summed E-state index contributed by atoms with van der Waals surface area (Å²) in [5.41, 5.74) is 3.57. The maximum Gasteiger partial charge on any atom is 0.407 e. The molecule has 1 aromatic carbocycles. The Balaban J connectivity index is 1.39. The third-order valence-electron chi connectivity index (χ3n) is 5.89. The summed E-state index contributed by atoms with van der Waals surface area (Å²) in [6.45, 7) is 3.41. The van der Waals surface area contributed by atoms with Crippen LogP contribution < -0.4 is 4.74 Å². The number of nitriles is 1. The number of benzene rings is 1. The number of pyridine rings is 1. The monoisotopic (exact) mass is 420 g/mol. The lowest BCUT2D eigenvalue weighted by Gasteiger charge is -2.29. The predicted octanol–water partition coefficient (Wildman–Crippen LogP) is 4.30. The van der Waals surface area contributed by atoms with Crippen molar-refractivity contribution in [2.75, 3.05) is 13.1 Å². The normalized spacial score (nSPS) is 14.5. The minimum atomic E-state index is -0.831. The molecule has 1 aliphatic heterocycles. The van der Waals surface area contributed by atoms with Crippen LogP contribution in [0.25, 0.3) is 11.0 Å². The summed E-state index contributed by atoms with van der Waals surface area (Å²) in [6.07, 6.45) is 2.71. The van der Waals surface area contributed by atoms with Crippen LogP contribution in [0.4, 0.5) is 4.79 Å². The summed E-state index contributed by atoms with van der Waals surface area (Å²) >= 11 is 0. The van der Waals surface area contributed by atoms with Gasteiger partial charge in [0.25, 0.3) is 0 Å². The van der Waals surface area contributed by atoms with Crippen LogP contribution in [0.5, 0.6) is 5.75 Å². The fourth-order valence-corrected chi connectivity index (χ4v) is 4.03. The molecule has 0 saturated carbocycles. The van der Waals surface area contributed by atoms with Crippen molar-refractivity contribution in [3.63, 3.8) is 0 Å². The molecular formula is C23H24N4O4. The van der Waals surface area contributed by atoms with Crippen molar-refractivity contribution in [2.24, 2.45) is 5.92 Å². The molecule has 0 atom stereocenters. The molecule has 0 unspecified atom stereocenters. The Morgan fingerprint density at radius 2 is 2.13 bits per heavy atom. The van der Waals surface area contributed by atoms with Crippen molar-refractivity contribution in [3.8, 4) is 11.8 Å². The Bertz CT molecular complexity index is 1130. The van der Waals surface area contributed by atoms with E-state index < -0.39 is 6.09 Å². The zero-order valence-corrected chi connectivity index (χ0v) is 17.4. The maximum atomic E-state index is 11.0. The molecule has 1 N–H and O–H groups in total. The van der Waals surface area contributed by atoms with Gasteiger partial charge in [-0.15, -0.1) is 0 Å². The van der Waals surface area contributed by atoms with Crippen LogP contribution in [0.3, 0.4) is 0 Å². The van der Waals surface area contributed by atoms with Gasteiger partial charge in [-0.25, -0.2) is 9.78 Å². The molecule has 1 amide bonds. The Hall–Kier alpha value is -3.60. The van der Waals surface area contributed by atoms with Crippen molar-refractivity contribution in [1.82, 2.24) is 15.0 Å². The van der Waals surface area contributed by atoms with Gasteiger partial charge in [0.2, 0.25) is 0 Å². The molecule has 0 radical (unpaired) electrons. The quantitative estimate of drug-likeness (QED) is 0.632. The van der Waals surface area contributed by atoms with E-state index in [2.05, 4.69) is 10.1 Å². The first-order chi connectivity index (χ1) is 15.0. The fourth-order valence-electron chi connectivity index (χ4n) is 4.03. The van der Waals surface area contributed by atoms with E-state index in [9.17, 15) is 4.79 Å². The summed E-state index contributed by atoms with van der Waals surface area (Å²) in [7, 11) is 0. The average Bonchev–Trinajstić information content (AvgIpc) is 3.21. The van der Waals surface area contributed by atoms with E-state index in [1.807, 2.05) is 31.2 Å². The lowest BCUT2D eigenvalue weighted by molar-refractivity contribution is 0.123. The SMILES string of the molecule is Cc1c(OCc2cccc(C#N)n2)ccc2c(CCC3CCN(C(=O)O)CC3)noc12. The highest BCUT2D eigenvalue weighted by molar-refractivity contribution is 5.84. The van der Waals surface area contributed by atoms with E-state index in [1.165, 1.54) is 4.90 Å². The molecule has 8 nitrogen and oxygen atoms in total. The number of fused-ring (bicyclic) bond motifs is 1. The second-order valence-corrected chi connectivity index (χ2v) is 7.86. The van der Waals surface area contributed by atoms with Gasteiger partial charge in [-0.2, -0.15) is 5.26 Å². The molecule has 1 aliphatic rings. The number of ether oxygens (including phenoxy) is 1. The number of piperidine rings is 1. The lowest BCUT2D eigenvalue weighted by Crippen LogP contribution is -2.37. The van der Waals surface area contributed by atoms with E-state index >= 15 is 0 Å². The summed E-state index contributed by atoms with van der Waals surface area (Å²) in [5, 5.41) is 23.3. The lowest BCUT2D eigenvalue weighted by atomic mass is 9.91. The van der Waals surface area contributed by atoms with E-state index in [4.69, 9.17) is 19.6 Å². The van der Waals surface area contributed by atoms with E-state index in [-0.39, 0.29) is 6.61 Å². The predicted molar refractivity (Wildman–Crippen MR) is 113 cm³/mol. The minimum Gasteiger partial charge on any atom is -0.487 e. The van der Waals surface area contributed by atoms with Crippen molar-refractivity contribution in [3.05, 3.63) is 53.0 Å². The number of amides is 1. The highest BCUT2D eigenvalue weighted by Crippen LogP contribution is 2.31. The molecule has 160 valence electrons.